The molecule has 9 heteroatoms. The minimum absolute atomic E-state index is 0.156. The lowest BCUT2D eigenvalue weighted by atomic mass is 10.3. The Morgan fingerprint density at radius 1 is 1.35 bits per heavy atom. The summed E-state index contributed by atoms with van der Waals surface area (Å²) in [6, 6.07) is -1.11. The van der Waals surface area contributed by atoms with Gasteiger partial charge in [-0.2, -0.15) is 8.42 Å². The molecule has 100 valence electrons. The van der Waals surface area contributed by atoms with E-state index in [-0.39, 0.29) is 6.61 Å². The number of esters is 2. The number of carbonyl (C=O) groups excluding carboxylic acids is 2. The summed E-state index contributed by atoms with van der Waals surface area (Å²) >= 11 is 0. The van der Waals surface area contributed by atoms with E-state index < -0.39 is 46.9 Å². The molecule has 0 fully saturated rings. The molecule has 0 aliphatic carbocycles. The van der Waals surface area contributed by atoms with Crippen LogP contribution in [0.5, 0.6) is 0 Å². The molecule has 17 heavy (non-hydrogen) atoms. The average Bonchev–Trinajstić information content (AvgIpc) is 2.22. The topological polar surface area (TPSA) is 133 Å². The molecule has 0 aliphatic heterocycles. The number of nitrogens with two attached hydrogens (primary N) is 1. The van der Waals surface area contributed by atoms with Crippen LogP contribution < -0.4 is 5.73 Å². The highest BCUT2D eigenvalue weighted by molar-refractivity contribution is 7.85. The monoisotopic (exact) mass is 269 g/mol. The largest absolute Gasteiger partial charge is 0.465 e. The summed E-state index contributed by atoms with van der Waals surface area (Å²) in [6.45, 7) is 1.36. The van der Waals surface area contributed by atoms with Gasteiger partial charge in [-0.15, -0.1) is 0 Å². The second-order valence-electron chi connectivity index (χ2n) is 3.08. The molecule has 0 aromatic heterocycles. The second-order valence-corrected chi connectivity index (χ2v) is 4.65. The Labute approximate surface area is 98.8 Å². The van der Waals surface area contributed by atoms with Crippen LogP contribution in [-0.4, -0.2) is 49.9 Å². The summed E-state index contributed by atoms with van der Waals surface area (Å²) in [5.74, 6) is -2.32. The maximum Gasteiger partial charge on any atom is 0.326 e. The van der Waals surface area contributed by atoms with Gasteiger partial charge in [0, 0.05) is 0 Å². The molecule has 0 heterocycles. The first kappa shape index (κ1) is 15.8. The third-order valence-corrected chi connectivity index (χ3v) is 2.30. The summed E-state index contributed by atoms with van der Waals surface area (Å²) in [6.07, 6.45) is -0.506. The van der Waals surface area contributed by atoms with Gasteiger partial charge in [0.2, 0.25) is 0 Å². The first-order valence-electron chi connectivity index (χ1n) is 4.79. The fourth-order valence-corrected chi connectivity index (χ4v) is 1.21. The van der Waals surface area contributed by atoms with Gasteiger partial charge >= 0.3 is 11.9 Å². The molecule has 0 amide bonds. The Bertz CT molecular complexity index is 364. The van der Waals surface area contributed by atoms with E-state index in [1.165, 1.54) is 0 Å². The third-order valence-electron chi connectivity index (χ3n) is 1.58. The highest BCUT2D eigenvalue weighted by Crippen LogP contribution is 1.94. The predicted molar refractivity (Wildman–Crippen MR) is 56.6 cm³/mol. The van der Waals surface area contributed by atoms with Crippen LogP contribution >= 0.6 is 0 Å². The van der Waals surface area contributed by atoms with E-state index in [0.717, 1.165) is 0 Å². The van der Waals surface area contributed by atoms with Crippen LogP contribution in [0.25, 0.3) is 0 Å². The fourth-order valence-electron chi connectivity index (χ4n) is 0.785. The van der Waals surface area contributed by atoms with Crippen LogP contribution in [0.2, 0.25) is 0 Å². The highest BCUT2D eigenvalue weighted by atomic mass is 32.2. The van der Waals surface area contributed by atoms with Crippen LogP contribution in [0, 0.1) is 0 Å². The maximum atomic E-state index is 11.0. The fraction of sp³-hybridized carbons (Fsp3) is 0.750. The van der Waals surface area contributed by atoms with Crippen LogP contribution in [0.15, 0.2) is 0 Å². The zero-order valence-corrected chi connectivity index (χ0v) is 10.1. The zero-order valence-electron chi connectivity index (χ0n) is 9.29. The molecule has 8 nitrogen and oxygen atoms in total. The van der Waals surface area contributed by atoms with Crippen molar-refractivity contribution < 1.29 is 32.0 Å². The van der Waals surface area contributed by atoms with E-state index in [1.807, 2.05) is 0 Å². The Morgan fingerprint density at radius 2 is 1.94 bits per heavy atom. The second kappa shape index (κ2) is 7.20. The van der Waals surface area contributed by atoms with Crippen molar-refractivity contribution in [3.05, 3.63) is 0 Å². The van der Waals surface area contributed by atoms with E-state index in [0.29, 0.717) is 0 Å². The van der Waals surface area contributed by atoms with Gasteiger partial charge in [-0.05, 0) is 6.92 Å². The Kier molecular flexibility index (Phi) is 6.69. The molecule has 0 saturated heterocycles. The molecule has 1 atom stereocenters. The normalized spacial score (nSPS) is 12.9. The van der Waals surface area contributed by atoms with Crippen molar-refractivity contribution in [3.8, 4) is 0 Å². The molecule has 0 bridgehead atoms. The number of ether oxygens (including phenoxy) is 2. The van der Waals surface area contributed by atoms with Crippen molar-refractivity contribution >= 4 is 22.1 Å². The molecule has 0 radical (unpaired) electrons. The molecular formula is C8H15NO7S. The summed E-state index contributed by atoms with van der Waals surface area (Å²) < 4.78 is 38.1. The maximum absolute atomic E-state index is 11.0. The summed E-state index contributed by atoms with van der Waals surface area (Å²) in [4.78, 5) is 22.0. The summed E-state index contributed by atoms with van der Waals surface area (Å²) in [5, 5.41) is 0. The van der Waals surface area contributed by atoms with Gasteiger partial charge in [0.25, 0.3) is 10.1 Å². The Hall–Kier alpha value is -1.19. The van der Waals surface area contributed by atoms with E-state index in [9.17, 15) is 18.0 Å². The summed E-state index contributed by atoms with van der Waals surface area (Å²) in [5.41, 5.74) is 5.31. The van der Waals surface area contributed by atoms with Crippen molar-refractivity contribution in [2.24, 2.45) is 5.73 Å². The molecule has 0 aromatic rings. The van der Waals surface area contributed by atoms with Crippen LogP contribution in [0.3, 0.4) is 0 Å². The van der Waals surface area contributed by atoms with E-state index >= 15 is 0 Å². The van der Waals surface area contributed by atoms with Crippen LogP contribution in [0.1, 0.15) is 13.3 Å². The first-order valence-corrected chi connectivity index (χ1v) is 6.40. The van der Waals surface area contributed by atoms with Crippen molar-refractivity contribution in [2.75, 3.05) is 19.0 Å². The molecule has 3 N–H and O–H groups in total. The first-order chi connectivity index (χ1) is 7.76. The molecular weight excluding hydrogens is 254 g/mol. The van der Waals surface area contributed by atoms with E-state index in [4.69, 9.17) is 10.3 Å². The van der Waals surface area contributed by atoms with Gasteiger partial charge in [-0.3, -0.25) is 14.1 Å². The minimum Gasteiger partial charge on any atom is -0.465 e. The molecule has 0 aromatic carbocycles. The van der Waals surface area contributed by atoms with Crippen molar-refractivity contribution in [1.82, 2.24) is 0 Å². The quantitative estimate of drug-likeness (QED) is 0.430. The number of hydrogen-bond donors (Lipinski definition) is 2. The number of rotatable bonds is 7. The van der Waals surface area contributed by atoms with Gasteiger partial charge < -0.3 is 15.2 Å². The molecule has 0 saturated carbocycles. The van der Waals surface area contributed by atoms with Gasteiger partial charge in [0.15, 0.2) is 0 Å². The Morgan fingerprint density at radius 3 is 2.41 bits per heavy atom. The smallest absolute Gasteiger partial charge is 0.326 e. The lowest BCUT2D eigenvalue weighted by Crippen LogP contribution is -2.37. The van der Waals surface area contributed by atoms with Gasteiger partial charge in [0.05, 0.1) is 18.8 Å². The van der Waals surface area contributed by atoms with Crippen molar-refractivity contribution in [1.29, 1.82) is 0 Å². The molecule has 0 rings (SSSR count). The number of carbonyl (C=O) groups is 2. The third kappa shape index (κ3) is 8.60. The molecule has 0 aliphatic rings. The van der Waals surface area contributed by atoms with Crippen LogP contribution in [0.4, 0.5) is 0 Å². The lowest BCUT2D eigenvalue weighted by Gasteiger charge is -2.10. The zero-order chi connectivity index (χ0) is 13.5. The summed E-state index contributed by atoms with van der Waals surface area (Å²) in [7, 11) is -4.21. The van der Waals surface area contributed by atoms with Crippen molar-refractivity contribution in [3.63, 3.8) is 0 Å². The predicted octanol–water partition coefficient (Wildman–Crippen LogP) is -1.30. The van der Waals surface area contributed by atoms with Gasteiger partial charge in [-0.1, -0.05) is 0 Å². The SMILES string of the molecule is CCOC(=O)C(N)COC(=O)CCS(=O)(=O)O. The van der Waals surface area contributed by atoms with E-state index in [1.54, 1.807) is 6.92 Å². The highest BCUT2D eigenvalue weighted by Gasteiger charge is 2.17. The average molecular weight is 269 g/mol. The van der Waals surface area contributed by atoms with E-state index in [2.05, 4.69) is 9.47 Å². The Balaban J connectivity index is 3.88. The van der Waals surface area contributed by atoms with Gasteiger partial charge in [0.1, 0.15) is 12.6 Å². The molecule has 1 unspecified atom stereocenters. The standard InChI is InChI=1S/C8H15NO7S/c1-2-15-8(11)6(9)5-16-7(10)3-4-17(12,13)14/h6H,2-5,9H2,1H3,(H,12,13,14). The lowest BCUT2D eigenvalue weighted by molar-refractivity contribution is -0.150. The van der Waals surface area contributed by atoms with Crippen molar-refractivity contribution in [2.45, 2.75) is 19.4 Å². The minimum atomic E-state index is -4.21. The van der Waals surface area contributed by atoms with Gasteiger partial charge in [-0.25, -0.2) is 0 Å². The molecule has 0 spiro atoms. The van der Waals surface area contributed by atoms with Crippen LogP contribution in [-0.2, 0) is 29.2 Å². The number of hydrogen-bond acceptors (Lipinski definition) is 7.